The summed E-state index contributed by atoms with van der Waals surface area (Å²) < 4.78 is 17.8. The lowest BCUT2D eigenvalue weighted by Gasteiger charge is -2.18. The van der Waals surface area contributed by atoms with Gasteiger partial charge in [-0.1, -0.05) is 140 Å². The number of allylic oxidation sites excluding steroid dienone is 8. The van der Waals surface area contributed by atoms with Crippen LogP contribution < -0.4 is 5.32 Å². The topological polar surface area (TPSA) is 60.0 Å². The first-order valence-corrected chi connectivity index (χ1v) is 23.2. The normalized spacial score (nSPS) is 14.5. The molecule has 6 heteroatoms. The van der Waals surface area contributed by atoms with Crippen molar-refractivity contribution in [2.45, 2.75) is 200 Å². The maximum atomic E-state index is 12.2. The molecule has 6 nitrogen and oxygen atoms in total. The molecule has 0 spiro atoms. The van der Waals surface area contributed by atoms with Crippen molar-refractivity contribution >= 4 is 6.09 Å². The number of ether oxygens (including phenoxy) is 3. The molecule has 0 aromatic carbocycles. The number of carbonyl (C=O) groups excluding carboxylic acids is 1. The Kier molecular flexibility index (Phi) is 39.2. The summed E-state index contributed by atoms with van der Waals surface area (Å²) in [5.41, 5.74) is 0. The van der Waals surface area contributed by atoms with Gasteiger partial charge in [0, 0.05) is 26.2 Å². The number of hydrogen-bond acceptors (Lipinski definition) is 5. The number of likely N-dealkylation sites (tertiary alicyclic amines) is 1. The zero-order valence-electron chi connectivity index (χ0n) is 35.7. The van der Waals surface area contributed by atoms with Crippen molar-refractivity contribution in [2.75, 3.05) is 52.6 Å². The summed E-state index contributed by atoms with van der Waals surface area (Å²) in [6.07, 6.45) is 52.4. The lowest BCUT2D eigenvalue weighted by Crippen LogP contribution is -2.30. The van der Waals surface area contributed by atoms with Gasteiger partial charge in [-0.3, -0.25) is 0 Å². The molecule has 1 aliphatic heterocycles. The number of carbonyl (C=O) groups is 1. The van der Waals surface area contributed by atoms with E-state index in [1.165, 1.54) is 154 Å². The molecule has 1 aliphatic rings. The largest absolute Gasteiger partial charge is 0.449 e. The van der Waals surface area contributed by atoms with E-state index in [0.717, 1.165) is 51.9 Å². The second-order valence-electron chi connectivity index (χ2n) is 15.5. The van der Waals surface area contributed by atoms with Crippen molar-refractivity contribution < 1.29 is 19.0 Å². The van der Waals surface area contributed by atoms with Crippen molar-refractivity contribution in [3.63, 3.8) is 0 Å². The highest BCUT2D eigenvalue weighted by atomic mass is 16.6. The van der Waals surface area contributed by atoms with Gasteiger partial charge in [-0.05, 0) is 116 Å². The summed E-state index contributed by atoms with van der Waals surface area (Å²) in [4.78, 5) is 14.7. The summed E-state index contributed by atoms with van der Waals surface area (Å²) >= 11 is 0. The Morgan fingerprint density at radius 2 is 1.06 bits per heavy atom. The van der Waals surface area contributed by atoms with E-state index >= 15 is 0 Å². The van der Waals surface area contributed by atoms with Crippen LogP contribution >= 0.6 is 0 Å². The van der Waals surface area contributed by atoms with Crippen LogP contribution in [0.5, 0.6) is 0 Å². The fourth-order valence-electron chi connectivity index (χ4n) is 6.80. The van der Waals surface area contributed by atoms with Gasteiger partial charge >= 0.3 is 6.09 Å². The van der Waals surface area contributed by atoms with Gasteiger partial charge in [0.25, 0.3) is 0 Å². The van der Waals surface area contributed by atoms with Crippen LogP contribution in [0.1, 0.15) is 194 Å². The fraction of sp³-hybridized carbons (Fsp3) is 0.812. The van der Waals surface area contributed by atoms with Gasteiger partial charge in [0.15, 0.2) is 0 Å². The second kappa shape index (κ2) is 42.3. The van der Waals surface area contributed by atoms with E-state index in [1.807, 2.05) is 0 Å². The molecule has 0 radical (unpaired) electrons. The van der Waals surface area contributed by atoms with Gasteiger partial charge in [0.05, 0.1) is 19.3 Å². The van der Waals surface area contributed by atoms with E-state index in [0.29, 0.717) is 26.2 Å². The van der Waals surface area contributed by atoms with Crippen LogP contribution in [0.2, 0.25) is 0 Å². The number of hydrogen-bond donors (Lipinski definition) is 1. The van der Waals surface area contributed by atoms with Gasteiger partial charge in [-0.25, -0.2) is 4.79 Å². The number of nitrogens with zero attached hydrogens (tertiary/aromatic N) is 1. The lowest BCUT2D eigenvalue weighted by atomic mass is 10.1. The molecule has 54 heavy (non-hydrogen) atoms. The molecule has 0 saturated carbocycles. The van der Waals surface area contributed by atoms with Crippen LogP contribution in [0.15, 0.2) is 48.6 Å². The molecule has 1 fully saturated rings. The maximum absolute atomic E-state index is 12.2. The highest BCUT2D eigenvalue weighted by Gasteiger charge is 2.13. The number of unbranched alkanes of at least 4 members (excludes halogenated alkanes) is 18. The van der Waals surface area contributed by atoms with Crippen molar-refractivity contribution in [2.24, 2.45) is 0 Å². The van der Waals surface area contributed by atoms with Crippen LogP contribution in [-0.4, -0.2) is 69.7 Å². The molecular weight excluding hydrogens is 669 g/mol. The van der Waals surface area contributed by atoms with Crippen molar-refractivity contribution in [3.8, 4) is 0 Å². The summed E-state index contributed by atoms with van der Waals surface area (Å²) in [6, 6.07) is 0. The third-order valence-electron chi connectivity index (χ3n) is 10.3. The molecular formula is C48H88N2O4. The van der Waals surface area contributed by atoms with Crippen LogP contribution in [0.3, 0.4) is 0 Å². The number of rotatable bonds is 40. The van der Waals surface area contributed by atoms with E-state index in [9.17, 15) is 4.79 Å². The summed E-state index contributed by atoms with van der Waals surface area (Å²) in [7, 11) is 0. The van der Waals surface area contributed by atoms with E-state index < -0.39 is 0 Å². The summed E-state index contributed by atoms with van der Waals surface area (Å²) in [5.74, 6) is 0. The number of amides is 1. The van der Waals surface area contributed by atoms with Crippen molar-refractivity contribution in [1.82, 2.24) is 10.2 Å². The Balaban J connectivity index is 2.14. The molecule has 0 aromatic rings. The van der Waals surface area contributed by atoms with Gasteiger partial charge in [-0.2, -0.15) is 0 Å². The van der Waals surface area contributed by atoms with Crippen LogP contribution in [-0.2, 0) is 14.2 Å². The molecule has 0 bridgehead atoms. The monoisotopic (exact) mass is 757 g/mol. The molecule has 1 heterocycles. The molecule has 1 saturated heterocycles. The molecule has 1 rings (SSSR count). The average molecular weight is 757 g/mol. The smallest absolute Gasteiger partial charge is 0.407 e. The summed E-state index contributed by atoms with van der Waals surface area (Å²) in [6.45, 7) is 11.1. The van der Waals surface area contributed by atoms with Gasteiger partial charge in [-0.15, -0.1) is 0 Å². The predicted molar refractivity (Wildman–Crippen MR) is 234 cm³/mol. The highest BCUT2D eigenvalue weighted by Crippen LogP contribution is 2.12. The summed E-state index contributed by atoms with van der Waals surface area (Å²) in [5, 5.41) is 2.92. The van der Waals surface area contributed by atoms with Gasteiger partial charge < -0.3 is 24.4 Å². The molecule has 1 amide bonds. The molecule has 0 unspecified atom stereocenters. The number of alkyl carbamates (subject to hydrolysis) is 1. The second-order valence-corrected chi connectivity index (χ2v) is 15.5. The standard InChI is InChI=1S/C48H88N2O4/c1-3-5-7-9-11-13-15-17-19-21-23-25-27-29-31-35-43-52-46-47(38-45-54-48(51)49-39-37-42-50-40-33-34-41-50)53-44-36-32-30-28-26-24-22-20-18-16-14-12-10-8-6-4-2/h11-14,17-20,47H,3-10,15-16,21-46H2,1-2H3,(H,49,51)/t47-/m0/s1. The maximum Gasteiger partial charge on any atom is 0.407 e. The Bertz CT molecular complexity index is 895. The van der Waals surface area contributed by atoms with E-state index in [4.69, 9.17) is 14.2 Å². The first-order chi connectivity index (χ1) is 26.8. The predicted octanol–water partition coefficient (Wildman–Crippen LogP) is 13.6. The highest BCUT2D eigenvalue weighted by molar-refractivity contribution is 5.66. The molecule has 1 atom stereocenters. The third-order valence-corrected chi connectivity index (χ3v) is 10.3. The molecule has 0 aromatic heterocycles. The first kappa shape index (κ1) is 50.1. The lowest BCUT2D eigenvalue weighted by molar-refractivity contribution is -0.0298. The quantitative estimate of drug-likeness (QED) is 0.0498. The Morgan fingerprint density at radius 1 is 0.574 bits per heavy atom. The third kappa shape index (κ3) is 37.1. The minimum atomic E-state index is -0.317. The zero-order chi connectivity index (χ0) is 38.7. The fourth-order valence-corrected chi connectivity index (χ4v) is 6.80. The Morgan fingerprint density at radius 3 is 1.59 bits per heavy atom. The Labute approximate surface area is 335 Å². The van der Waals surface area contributed by atoms with E-state index in [-0.39, 0.29) is 12.2 Å². The average Bonchev–Trinajstić information content (AvgIpc) is 3.70. The van der Waals surface area contributed by atoms with E-state index in [1.54, 1.807) is 0 Å². The minimum Gasteiger partial charge on any atom is -0.449 e. The SMILES string of the molecule is CCCCCC=CCC=CCCCCCCCCOC[C@H](CCOC(=O)NCCCN1CCCC1)OCCCCCCCCC=CCC=CCCCCC. The zero-order valence-corrected chi connectivity index (χ0v) is 35.7. The first-order valence-electron chi connectivity index (χ1n) is 23.2. The van der Waals surface area contributed by atoms with Crippen LogP contribution in [0.25, 0.3) is 0 Å². The van der Waals surface area contributed by atoms with E-state index in [2.05, 4.69) is 72.7 Å². The molecule has 0 aliphatic carbocycles. The molecule has 1 N–H and O–H groups in total. The minimum absolute atomic E-state index is 0.0319. The Hall–Kier alpha value is -1.89. The van der Waals surface area contributed by atoms with Crippen molar-refractivity contribution in [1.29, 1.82) is 0 Å². The van der Waals surface area contributed by atoms with Crippen LogP contribution in [0, 0.1) is 0 Å². The number of nitrogens with one attached hydrogen (secondary N) is 1. The van der Waals surface area contributed by atoms with Crippen LogP contribution in [0.4, 0.5) is 4.79 Å². The van der Waals surface area contributed by atoms with Gasteiger partial charge in [0.2, 0.25) is 0 Å². The molecule has 314 valence electrons. The van der Waals surface area contributed by atoms with Crippen molar-refractivity contribution in [3.05, 3.63) is 48.6 Å². The van der Waals surface area contributed by atoms with Gasteiger partial charge in [0.1, 0.15) is 0 Å².